The van der Waals surface area contributed by atoms with Crippen LogP contribution in [0.2, 0.25) is 0 Å². The van der Waals surface area contributed by atoms with Crippen LogP contribution in [0.15, 0.2) is 24.3 Å². The predicted octanol–water partition coefficient (Wildman–Crippen LogP) is 1.48. The number of hydrogen-bond donors (Lipinski definition) is 1. The van der Waals surface area contributed by atoms with Crippen LogP contribution in [0.5, 0.6) is 0 Å². The summed E-state index contributed by atoms with van der Waals surface area (Å²) in [6.07, 6.45) is 0.759. The van der Waals surface area contributed by atoms with Gasteiger partial charge in [-0.2, -0.15) is 0 Å². The molecule has 92 valence electrons. The van der Waals surface area contributed by atoms with E-state index >= 15 is 0 Å². The Morgan fingerprint density at radius 3 is 2.76 bits per heavy atom. The highest BCUT2D eigenvalue weighted by Crippen LogP contribution is 2.15. The molecule has 0 aliphatic heterocycles. The molecule has 0 spiro atoms. The first-order valence-electron chi connectivity index (χ1n) is 5.82. The van der Waals surface area contributed by atoms with Gasteiger partial charge < -0.3 is 15.0 Å². The summed E-state index contributed by atoms with van der Waals surface area (Å²) in [6, 6.07) is 8.07. The standard InChI is InChI=1S/C13H19N3O/c1-9(17-3)10(14)8-13-15-11-6-4-5-7-12(11)16(13)2/h4-7,9-10H,8,14H2,1-3H3. The van der Waals surface area contributed by atoms with Crippen LogP contribution in [0.4, 0.5) is 0 Å². The maximum atomic E-state index is 6.07. The highest BCUT2D eigenvalue weighted by atomic mass is 16.5. The molecule has 2 atom stereocenters. The van der Waals surface area contributed by atoms with Crippen molar-refractivity contribution in [2.45, 2.75) is 25.5 Å². The zero-order valence-electron chi connectivity index (χ0n) is 10.6. The molecule has 0 aliphatic carbocycles. The maximum absolute atomic E-state index is 6.07. The van der Waals surface area contributed by atoms with Crippen LogP contribution in [0.3, 0.4) is 0 Å². The van der Waals surface area contributed by atoms with Gasteiger partial charge >= 0.3 is 0 Å². The molecule has 4 nitrogen and oxygen atoms in total. The summed E-state index contributed by atoms with van der Waals surface area (Å²) in [5.74, 6) is 1.00. The number of nitrogens with two attached hydrogens (primary N) is 1. The molecule has 17 heavy (non-hydrogen) atoms. The lowest BCUT2D eigenvalue weighted by Crippen LogP contribution is -2.36. The molecular formula is C13H19N3O. The zero-order chi connectivity index (χ0) is 12.4. The second-order valence-electron chi connectivity index (χ2n) is 4.38. The second kappa shape index (κ2) is 4.85. The number of imidazole rings is 1. The van der Waals surface area contributed by atoms with Gasteiger partial charge in [-0.05, 0) is 19.1 Å². The average molecular weight is 233 g/mol. The molecule has 1 heterocycles. The van der Waals surface area contributed by atoms with Gasteiger partial charge in [0.1, 0.15) is 5.82 Å². The molecule has 2 N–H and O–H groups in total. The maximum Gasteiger partial charge on any atom is 0.111 e. The van der Waals surface area contributed by atoms with E-state index in [-0.39, 0.29) is 12.1 Å². The van der Waals surface area contributed by atoms with Crippen LogP contribution in [-0.4, -0.2) is 28.8 Å². The van der Waals surface area contributed by atoms with Crippen LogP contribution in [-0.2, 0) is 18.2 Å². The lowest BCUT2D eigenvalue weighted by molar-refractivity contribution is 0.0948. The molecule has 0 fully saturated rings. The van der Waals surface area contributed by atoms with Crippen molar-refractivity contribution >= 4 is 11.0 Å². The molecule has 2 rings (SSSR count). The van der Waals surface area contributed by atoms with Gasteiger partial charge in [-0.3, -0.25) is 0 Å². The van der Waals surface area contributed by atoms with Crippen LogP contribution >= 0.6 is 0 Å². The normalized spacial score (nSPS) is 15.1. The number of aromatic nitrogens is 2. The summed E-state index contributed by atoms with van der Waals surface area (Å²) in [7, 11) is 3.70. The molecule has 0 saturated carbocycles. The van der Waals surface area contributed by atoms with Gasteiger partial charge in [-0.25, -0.2) is 4.98 Å². The van der Waals surface area contributed by atoms with E-state index in [9.17, 15) is 0 Å². The van der Waals surface area contributed by atoms with E-state index in [0.29, 0.717) is 0 Å². The summed E-state index contributed by atoms with van der Waals surface area (Å²) in [5.41, 5.74) is 8.23. The minimum absolute atomic E-state index is 0.0319. The van der Waals surface area contributed by atoms with Gasteiger partial charge in [0.25, 0.3) is 0 Å². The fraction of sp³-hybridized carbons (Fsp3) is 0.462. The summed E-state index contributed by atoms with van der Waals surface area (Å²) >= 11 is 0. The third kappa shape index (κ3) is 2.33. The summed E-state index contributed by atoms with van der Waals surface area (Å²) < 4.78 is 7.33. The Kier molecular flexibility index (Phi) is 3.45. The number of benzene rings is 1. The first-order valence-corrected chi connectivity index (χ1v) is 5.82. The van der Waals surface area contributed by atoms with E-state index in [1.54, 1.807) is 7.11 Å². The van der Waals surface area contributed by atoms with E-state index in [1.807, 2.05) is 32.2 Å². The molecule has 0 bridgehead atoms. The third-order valence-electron chi connectivity index (χ3n) is 3.27. The van der Waals surface area contributed by atoms with Gasteiger partial charge in [-0.15, -0.1) is 0 Å². The Morgan fingerprint density at radius 1 is 1.41 bits per heavy atom. The van der Waals surface area contributed by atoms with Crippen molar-refractivity contribution in [2.75, 3.05) is 7.11 Å². The Balaban J connectivity index is 2.27. The van der Waals surface area contributed by atoms with Crippen molar-refractivity contribution in [3.05, 3.63) is 30.1 Å². The molecular weight excluding hydrogens is 214 g/mol. The van der Waals surface area contributed by atoms with Crippen molar-refractivity contribution in [1.82, 2.24) is 9.55 Å². The topological polar surface area (TPSA) is 53.1 Å². The van der Waals surface area contributed by atoms with Gasteiger partial charge in [-0.1, -0.05) is 12.1 Å². The first kappa shape index (κ1) is 12.1. The van der Waals surface area contributed by atoms with E-state index in [0.717, 1.165) is 23.3 Å². The highest BCUT2D eigenvalue weighted by molar-refractivity contribution is 5.75. The minimum atomic E-state index is -0.0319. The molecule has 0 saturated heterocycles. The van der Waals surface area contributed by atoms with Crippen LogP contribution in [0.25, 0.3) is 11.0 Å². The second-order valence-corrected chi connectivity index (χ2v) is 4.38. The lowest BCUT2D eigenvalue weighted by Gasteiger charge is -2.17. The molecule has 2 aromatic rings. The van der Waals surface area contributed by atoms with Gasteiger partial charge in [0, 0.05) is 26.6 Å². The Hall–Kier alpha value is -1.39. The number of aryl methyl sites for hydroxylation is 1. The number of nitrogens with zero attached hydrogens (tertiary/aromatic N) is 2. The minimum Gasteiger partial charge on any atom is -0.380 e. The van der Waals surface area contributed by atoms with E-state index in [4.69, 9.17) is 10.5 Å². The third-order valence-corrected chi connectivity index (χ3v) is 3.27. The molecule has 2 unspecified atom stereocenters. The van der Waals surface area contributed by atoms with Crippen LogP contribution in [0.1, 0.15) is 12.7 Å². The van der Waals surface area contributed by atoms with Crippen molar-refractivity contribution in [3.63, 3.8) is 0 Å². The molecule has 4 heteroatoms. The molecule has 1 aromatic heterocycles. The molecule has 0 aliphatic rings. The van der Waals surface area contributed by atoms with E-state index in [2.05, 4.69) is 15.6 Å². The number of hydrogen-bond acceptors (Lipinski definition) is 3. The Labute approximate surface area is 101 Å². The number of methoxy groups -OCH3 is 1. The van der Waals surface area contributed by atoms with Gasteiger partial charge in [0.05, 0.1) is 17.1 Å². The van der Waals surface area contributed by atoms with E-state index in [1.165, 1.54) is 0 Å². The smallest absolute Gasteiger partial charge is 0.111 e. The van der Waals surface area contributed by atoms with Gasteiger partial charge in [0.2, 0.25) is 0 Å². The molecule has 0 radical (unpaired) electrons. The average Bonchev–Trinajstić information content (AvgIpc) is 2.66. The number of ether oxygens (including phenoxy) is 1. The van der Waals surface area contributed by atoms with Crippen LogP contribution < -0.4 is 5.73 Å². The van der Waals surface area contributed by atoms with E-state index < -0.39 is 0 Å². The fourth-order valence-electron chi connectivity index (χ4n) is 1.93. The predicted molar refractivity (Wildman–Crippen MR) is 68.9 cm³/mol. The Morgan fingerprint density at radius 2 is 2.12 bits per heavy atom. The fourth-order valence-corrected chi connectivity index (χ4v) is 1.93. The monoisotopic (exact) mass is 233 g/mol. The largest absolute Gasteiger partial charge is 0.380 e. The van der Waals surface area contributed by atoms with Crippen molar-refractivity contribution in [2.24, 2.45) is 12.8 Å². The Bertz CT molecular complexity index is 506. The summed E-state index contributed by atoms with van der Waals surface area (Å²) in [5, 5.41) is 0. The van der Waals surface area contributed by atoms with Crippen molar-refractivity contribution < 1.29 is 4.74 Å². The van der Waals surface area contributed by atoms with Crippen molar-refractivity contribution in [1.29, 1.82) is 0 Å². The highest BCUT2D eigenvalue weighted by Gasteiger charge is 2.16. The quantitative estimate of drug-likeness (QED) is 0.870. The molecule has 0 amide bonds. The number of fused-ring (bicyclic) bond motifs is 1. The van der Waals surface area contributed by atoms with Crippen molar-refractivity contribution in [3.8, 4) is 0 Å². The van der Waals surface area contributed by atoms with Gasteiger partial charge in [0.15, 0.2) is 0 Å². The first-order chi connectivity index (χ1) is 8.13. The molecule has 1 aromatic carbocycles. The SMILES string of the molecule is COC(C)C(N)Cc1nc2ccccc2n1C. The number of para-hydroxylation sites is 2. The number of rotatable bonds is 4. The summed E-state index contributed by atoms with van der Waals surface area (Å²) in [6.45, 7) is 1.98. The lowest BCUT2D eigenvalue weighted by atomic mass is 10.1. The summed E-state index contributed by atoms with van der Waals surface area (Å²) in [4.78, 5) is 4.60. The zero-order valence-corrected chi connectivity index (χ0v) is 10.6. The van der Waals surface area contributed by atoms with Crippen LogP contribution in [0, 0.1) is 0 Å².